The lowest BCUT2D eigenvalue weighted by Gasteiger charge is -2.32. The molecule has 20 heavy (non-hydrogen) atoms. The van der Waals surface area contributed by atoms with Gasteiger partial charge in [0.2, 0.25) is 5.91 Å². The summed E-state index contributed by atoms with van der Waals surface area (Å²) in [5.41, 5.74) is 6.40. The highest BCUT2D eigenvalue weighted by Gasteiger charge is 2.36. The number of benzene rings is 2. The standard InChI is InChI=1S/C16H17ClN2O/c1-2-16(15(18)20,12-6-4-3-5-7-12)19-14-10-8-13(17)9-11-14/h3-11,19H,2H2,1H3,(H2,18,20). The molecule has 0 bridgehead atoms. The molecular formula is C16H17ClN2O. The van der Waals surface area contributed by atoms with Crippen molar-refractivity contribution in [1.29, 1.82) is 0 Å². The molecular weight excluding hydrogens is 272 g/mol. The minimum absolute atomic E-state index is 0.402. The third-order valence-electron chi connectivity index (χ3n) is 3.42. The molecule has 0 heterocycles. The van der Waals surface area contributed by atoms with Crippen molar-refractivity contribution in [2.45, 2.75) is 18.9 Å². The molecule has 1 atom stereocenters. The second-order valence-electron chi connectivity index (χ2n) is 4.62. The zero-order chi connectivity index (χ0) is 14.6. The van der Waals surface area contributed by atoms with Crippen LogP contribution in [0.2, 0.25) is 5.02 Å². The Labute approximate surface area is 123 Å². The van der Waals surface area contributed by atoms with Crippen molar-refractivity contribution in [2.24, 2.45) is 5.73 Å². The molecule has 0 spiro atoms. The Morgan fingerprint density at radius 3 is 2.25 bits per heavy atom. The molecule has 0 fully saturated rings. The van der Waals surface area contributed by atoms with E-state index in [0.29, 0.717) is 11.4 Å². The van der Waals surface area contributed by atoms with Gasteiger partial charge in [-0.05, 0) is 36.2 Å². The summed E-state index contributed by atoms with van der Waals surface area (Å²) in [6.45, 7) is 1.93. The predicted octanol–water partition coefficient (Wildman–Crippen LogP) is 3.54. The van der Waals surface area contributed by atoms with E-state index in [2.05, 4.69) is 5.32 Å². The second kappa shape index (κ2) is 5.97. The van der Waals surface area contributed by atoms with Gasteiger partial charge >= 0.3 is 0 Å². The Morgan fingerprint density at radius 2 is 1.75 bits per heavy atom. The van der Waals surface area contributed by atoms with E-state index in [1.165, 1.54) is 0 Å². The highest BCUT2D eigenvalue weighted by atomic mass is 35.5. The largest absolute Gasteiger partial charge is 0.368 e. The first-order valence-corrected chi connectivity index (χ1v) is 6.85. The van der Waals surface area contributed by atoms with Crippen LogP contribution in [0.1, 0.15) is 18.9 Å². The molecule has 104 valence electrons. The number of amides is 1. The average Bonchev–Trinajstić information content (AvgIpc) is 2.47. The van der Waals surface area contributed by atoms with Gasteiger partial charge in [0, 0.05) is 10.7 Å². The molecule has 4 heteroatoms. The van der Waals surface area contributed by atoms with E-state index in [4.69, 9.17) is 17.3 Å². The highest BCUT2D eigenvalue weighted by Crippen LogP contribution is 2.30. The number of hydrogen-bond donors (Lipinski definition) is 2. The molecule has 0 aliphatic carbocycles. The first kappa shape index (κ1) is 14.4. The summed E-state index contributed by atoms with van der Waals surface area (Å²) in [5.74, 6) is -0.402. The van der Waals surface area contributed by atoms with Crippen LogP contribution in [0.15, 0.2) is 54.6 Å². The molecule has 2 aromatic rings. The minimum atomic E-state index is -0.922. The van der Waals surface area contributed by atoms with Crippen molar-refractivity contribution in [3.8, 4) is 0 Å². The van der Waals surface area contributed by atoms with Crippen LogP contribution in [0.5, 0.6) is 0 Å². The highest BCUT2D eigenvalue weighted by molar-refractivity contribution is 6.30. The normalized spacial score (nSPS) is 13.5. The van der Waals surface area contributed by atoms with Crippen molar-refractivity contribution in [2.75, 3.05) is 5.32 Å². The fraction of sp³-hybridized carbons (Fsp3) is 0.188. The topological polar surface area (TPSA) is 55.1 Å². The first-order chi connectivity index (χ1) is 9.58. The van der Waals surface area contributed by atoms with Crippen molar-refractivity contribution < 1.29 is 4.79 Å². The number of anilines is 1. The maximum Gasteiger partial charge on any atom is 0.247 e. The van der Waals surface area contributed by atoms with Crippen molar-refractivity contribution in [3.05, 3.63) is 65.2 Å². The summed E-state index contributed by atoms with van der Waals surface area (Å²) < 4.78 is 0. The molecule has 2 rings (SSSR count). The third-order valence-corrected chi connectivity index (χ3v) is 3.67. The van der Waals surface area contributed by atoms with E-state index < -0.39 is 11.4 Å². The van der Waals surface area contributed by atoms with Crippen LogP contribution in [0.3, 0.4) is 0 Å². The van der Waals surface area contributed by atoms with Crippen molar-refractivity contribution in [3.63, 3.8) is 0 Å². The molecule has 0 aliphatic heterocycles. The summed E-state index contributed by atoms with van der Waals surface area (Å²) in [7, 11) is 0. The molecule has 3 nitrogen and oxygen atoms in total. The van der Waals surface area contributed by atoms with Gasteiger partial charge in [-0.2, -0.15) is 0 Å². The van der Waals surface area contributed by atoms with Crippen LogP contribution in [0.4, 0.5) is 5.69 Å². The Morgan fingerprint density at radius 1 is 1.15 bits per heavy atom. The van der Waals surface area contributed by atoms with Crippen LogP contribution in [-0.2, 0) is 10.3 Å². The molecule has 0 aliphatic rings. The SMILES string of the molecule is CCC(Nc1ccc(Cl)cc1)(C(N)=O)c1ccccc1. The molecule has 0 saturated carbocycles. The van der Waals surface area contributed by atoms with E-state index in [1.54, 1.807) is 12.1 Å². The van der Waals surface area contributed by atoms with Crippen LogP contribution in [-0.4, -0.2) is 5.91 Å². The number of nitrogens with two attached hydrogens (primary N) is 1. The van der Waals surface area contributed by atoms with Crippen LogP contribution in [0.25, 0.3) is 0 Å². The fourth-order valence-corrected chi connectivity index (χ4v) is 2.37. The predicted molar refractivity (Wildman–Crippen MR) is 82.7 cm³/mol. The zero-order valence-corrected chi connectivity index (χ0v) is 12.0. The van der Waals surface area contributed by atoms with Crippen LogP contribution >= 0.6 is 11.6 Å². The van der Waals surface area contributed by atoms with Gasteiger partial charge in [-0.3, -0.25) is 4.79 Å². The summed E-state index contributed by atoms with van der Waals surface area (Å²) in [4.78, 5) is 12.1. The molecule has 0 aromatic heterocycles. The Balaban J connectivity index is 2.42. The van der Waals surface area contributed by atoms with Gasteiger partial charge in [0.15, 0.2) is 0 Å². The summed E-state index contributed by atoms with van der Waals surface area (Å²) in [6, 6.07) is 16.7. The van der Waals surface area contributed by atoms with Crippen LogP contribution < -0.4 is 11.1 Å². The summed E-state index contributed by atoms with van der Waals surface area (Å²) in [6.07, 6.45) is 0.551. The maximum atomic E-state index is 12.1. The summed E-state index contributed by atoms with van der Waals surface area (Å²) >= 11 is 5.88. The van der Waals surface area contributed by atoms with Gasteiger partial charge in [-0.25, -0.2) is 0 Å². The number of rotatable bonds is 5. The third kappa shape index (κ3) is 2.78. The minimum Gasteiger partial charge on any atom is -0.368 e. The number of carbonyl (C=O) groups is 1. The number of hydrogen-bond acceptors (Lipinski definition) is 2. The molecule has 3 N–H and O–H groups in total. The smallest absolute Gasteiger partial charge is 0.247 e. The number of primary amides is 1. The second-order valence-corrected chi connectivity index (χ2v) is 5.06. The Hall–Kier alpha value is -2.00. The molecule has 2 aromatic carbocycles. The first-order valence-electron chi connectivity index (χ1n) is 6.47. The van der Waals surface area contributed by atoms with Gasteiger partial charge in [-0.1, -0.05) is 48.9 Å². The summed E-state index contributed by atoms with van der Waals surface area (Å²) in [5, 5.41) is 3.90. The van der Waals surface area contributed by atoms with Crippen LogP contribution in [0, 0.1) is 0 Å². The Kier molecular flexibility index (Phi) is 4.30. The van der Waals surface area contributed by atoms with Crippen molar-refractivity contribution >= 4 is 23.2 Å². The molecule has 0 radical (unpaired) electrons. The number of halogens is 1. The average molecular weight is 289 g/mol. The van der Waals surface area contributed by atoms with E-state index in [1.807, 2.05) is 49.4 Å². The number of carbonyl (C=O) groups excluding carboxylic acids is 1. The van der Waals surface area contributed by atoms with Gasteiger partial charge in [-0.15, -0.1) is 0 Å². The van der Waals surface area contributed by atoms with Gasteiger partial charge in [0.05, 0.1) is 0 Å². The molecule has 1 amide bonds. The van der Waals surface area contributed by atoms with Gasteiger partial charge < -0.3 is 11.1 Å². The number of nitrogens with one attached hydrogen (secondary N) is 1. The van der Waals surface area contributed by atoms with E-state index in [9.17, 15) is 4.79 Å². The lowest BCUT2D eigenvalue weighted by molar-refractivity contribution is -0.122. The maximum absolute atomic E-state index is 12.1. The lowest BCUT2D eigenvalue weighted by atomic mass is 9.86. The zero-order valence-electron chi connectivity index (χ0n) is 11.3. The van der Waals surface area contributed by atoms with Crippen molar-refractivity contribution in [1.82, 2.24) is 0 Å². The Bertz CT molecular complexity index is 583. The molecule has 1 unspecified atom stereocenters. The monoisotopic (exact) mass is 288 g/mol. The lowest BCUT2D eigenvalue weighted by Crippen LogP contribution is -2.47. The van der Waals surface area contributed by atoms with E-state index in [-0.39, 0.29) is 0 Å². The molecule has 0 saturated heterocycles. The van der Waals surface area contributed by atoms with E-state index >= 15 is 0 Å². The fourth-order valence-electron chi connectivity index (χ4n) is 2.25. The van der Waals surface area contributed by atoms with Gasteiger partial charge in [0.25, 0.3) is 0 Å². The van der Waals surface area contributed by atoms with Gasteiger partial charge in [0.1, 0.15) is 5.54 Å². The van der Waals surface area contributed by atoms with E-state index in [0.717, 1.165) is 11.3 Å². The quantitative estimate of drug-likeness (QED) is 0.884.